The Kier molecular flexibility index (Phi) is 9.10. The normalized spacial score (nSPS) is 11.9. The molecule has 11 nitrogen and oxygen atoms in total. The molecule has 0 bridgehead atoms. The van der Waals surface area contributed by atoms with E-state index in [1.807, 2.05) is 0 Å². The lowest BCUT2D eigenvalue weighted by atomic mass is 9.99. The van der Waals surface area contributed by atoms with Gasteiger partial charge < -0.3 is 24.3 Å². The van der Waals surface area contributed by atoms with Crippen molar-refractivity contribution in [3.63, 3.8) is 0 Å². The molecule has 2 aromatic carbocycles. The lowest BCUT2D eigenvalue weighted by Gasteiger charge is -2.21. The Morgan fingerprint density at radius 3 is 2.41 bits per heavy atom. The fourth-order valence-corrected chi connectivity index (χ4v) is 4.22. The van der Waals surface area contributed by atoms with Gasteiger partial charge in [0.1, 0.15) is 11.8 Å². The van der Waals surface area contributed by atoms with Gasteiger partial charge in [-0.1, -0.05) is 11.6 Å². The predicted octanol–water partition coefficient (Wildman–Crippen LogP) is 5.08. The third-order valence-electron chi connectivity index (χ3n) is 6.03. The molecular weight excluding hydrogens is 566 g/mol. The van der Waals surface area contributed by atoms with Crippen LogP contribution in [-0.2, 0) is 9.53 Å². The average molecular weight is 589 g/mol. The zero-order valence-electron chi connectivity index (χ0n) is 21.6. The van der Waals surface area contributed by atoms with Crippen LogP contribution < -0.4 is 15.6 Å². The molecule has 0 spiro atoms. The number of anilines is 1. The summed E-state index contributed by atoms with van der Waals surface area (Å²) in [6, 6.07) is 10.2. The van der Waals surface area contributed by atoms with Crippen molar-refractivity contribution in [1.29, 1.82) is 0 Å². The molecule has 14 heteroatoms. The maximum atomic E-state index is 13.4. The van der Waals surface area contributed by atoms with Gasteiger partial charge in [-0.25, -0.2) is 4.79 Å². The highest BCUT2D eigenvalue weighted by Crippen LogP contribution is 2.38. The summed E-state index contributed by atoms with van der Waals surface area (Å²) in [7, 11) is 2.80. The fraction of sp³-hybridized carbons (Fsp3) is 0.222. The average Bonchev–Trinajstić information content (AvgIpc) is 3.44. The summed E-state index contributed by atoms with van der Waals surface area (Å²) in [6.07, 6.45) is -1.52. The molecule has 0 aliphatic rings. The zero-order valence-corrected chi connectivity index (χ0v) is 22.4. The number of pyridine rings is 1. The number of carbonyl (C=O) groups excluding carboxylic acids is 1. The quantitative estimate of drug-likeness (QED) is 0.245. The number of amides is 1. The van der Waals surface area contributed by atoms with E-state index in [0.717, 1.165) is 0 Å². The fourth-order valence-electron chi connectivity index (χ4n) is 4.05. The monoisotopic (exact) mass is 588 g/mol. The van der Waals surface area contributed by atoms with Gasteiger partial charge in [0.15, 0.2) is 0 Å². The molecule has 1 atom stereocenters. The maximum absolute atomic E-state index is 13.4. The number of methoxy groups -OCH3 is 2. The van der Waals surface area contributed by atoms with E-state index in [1.165, 1.54) is 73.5 Å². The van der Waals surface area contributed by atoms with E-state index >= 15 is 0 Å². The van der Waals surface area contributed by atoms with Crippen LogP contribution in [0.4, 0.5) is 14.5 Å². The van der Waals surface area contributed by atoms with Gasteiger partial charge in [0, 0.05) is 48.0 Å². The zero-order chi connectivity index (χ0) is 29.7. The van der Waals surface area contributed by atoms with Crippen LogP contribution in [0.25, 0.3) is 22.6 Å². The number of aromatic nitrogens is 3. The van der Waals surface area contributed by atoms with Crippen LogP contribution in [0, 0.1) is 0 Å². The maximum Gasteiger partial charge on any atom is 0.335 e. The van der Waals surface area contributed by atoms with Crippen molar-refractivity contribution < 1.29 is 37.4 Å². The molecule has 0 saturated carbocycles. The number of halogens is 3. The van der Waals surface area contributed by atoms with Crippen molar-refractivity contribution in [2.45, 2.75) is 18.9 Å². The first-order chi connectivity index (χ1) is 19.6. The molecule has 0 radical (unpaired) electrons. The number of nitrogens with zero attached hydrogens (tertiary/aromatic N) is 3. The van der Waals surface area contributed by atoms with E-state index in [4.69, 9.17) is 30.6 Å². The van der Waals surface area contributed by atoms with Gasteiger partial charge in [-0.15, -0.1) is 10.2 Å². The predicted molar refractivity (Wildman–Crippen MR) is 144 cm³/mol. The molecule has 4 rings (SSSR count). The summed E-state index contributed by atoms with van der Waals surface area (Å²) in [6.45, 7) is 0.134. The number of carboxylic acids is 1. The van der Waals surface area contributed by atoms with Crippen LogP contribution in [0.15, 0.2) is 63.9 Å². The van der Waals surface area contributed by atoms with Crippen molar-refractivity contribution in [3.05, 3.63) is 81.6 Å². The Bertz CT molecular complexity index is 1620. The second-order valence-corrected chi connectivity index (χ2v) is 9.04. The first kappa shape index (κ1) is 29.4. The van der Waals surface area contributed by atoms with Gasteiger partial charge in [-0.05, 0) is 48.0 Å². The van der Waals surface area contributed by atoms with Gasteiger partial charge in [0.05, 0.1) is 18.9 Å². The van der Waals surface area contributed by atoms with Gasteiger partial charge in [0.25, 0.3) is 11.4 Å². The van der Waals surface area contributed by atoms with Gasteiger partial charge in [-0.2, -0.15) is 8.78 Å². The van der Waals surface area contributed by atoms with E-state index < -0.39 is 35.8 Å². The lowest BCUT2D eigenvalue weighted by Crippen LogP contribution is -2.34. The molecule has 2 N–H and O–H groups in total. The van der Waals surface area contributed by atoms with Crippen LogP contribution in [-0.4, -0.2) is 52.6 Å². The highest BCUT2D eigenvalue weighted by Gasteiger charge is 2.26. The number of ether oxygens (including phenoxy) is 2. The standard InChI is InChI=1S/C27H23ClF2N4O7/c1-39-10-9-20(24(36)31-16-6-3-14(4-7-16)27(37)38)34-13-21(40-2)19(12-22(34)35)18-11-15(28)5-8-17(18)25-32-33-26(41-25)23(29)30/h3-8,11-13,20,23H,9-10H2,1-2H3,(H,31,36)(H,37,38). The van der Waals surface area contributed by atoms with E-state index in [2.05, 4.69) is 15.5 Å². The van der Waals surface area contributed by atoms with Crippen LogP contribution in [0.3, 0.4) is 0 Å². The van der Waals surface area contributed by atoms with Crippen LogP contribution >= 0.6 is 11.6 Å². The number of benzene rings is 2. The highest BCUT2D eigenvalue weighted by atomic mass is 35.5. The Labute approximate surface area is 236 Å². The van der Waals surface area contributed by atoms with Gasteiger partial charge >= 0.3 is 12.4 Å². The molecule has 4 aromatic rings. The van der Waals surface area contributed by atoms with Crippen molar-refractivity contribution in [2.75, 3.05) is 26.1 Å². The number of hydrogen-bond donors (Lipinski definition) is 2. The summed E-state index contributed by atoms with van der Waals surface area (Å²) in [4.78, 5) is 37.8. The Balaban J connectivity index is 1.75. The largest absolute Gasteiger partial charge is 0.495 e. The number of carbonyl (C=O) groups is 2. The first-order valence-corrected chi connectivity index (χ1v) is 12.4. The summed E-state index contributed by atoms with van der Waals surface area (Å²) in [5.74, 6) is -2.60. The summed E-state index contributed by atoms with van der Waals surface area (Å²) < 4.78 is 43.1. The highest BCUT2D eigenvalue weighted by molar-refractivity contribution is 6.31. The number of alkyl halides is 2. The van der Waals surface area contributed by atoms with Gasteiger partial charge in [0.2, 0.25) is 11.8 Å². The summed E-state index contributed by atoms with van der Waals surface area (Å²) in [5.41, 5.74) is 0.524. The molecule has 1 unspecified atom stereocenters. The Morgan fingerprint density at radius 1 is 1.07 bits per heavy atom. The van der Waals surface area contributed by atoms with E-state index in [1.54, 1.807) is 0 Å². The van der Waals surface area contributed by atoms with E-state index in [-0.39, 0.29) is 46.4 Å². The topological polar surface area (TPSA) is 146 Å². The minimum absolute atomic E-state index is 0.0434. The molecule has 0 saturated heterocycles. The molecule has 214 valence electrons. The molecule has 0 aliphatic carbocycles. The van der Waals surface area contributed by atoms with Crippen LogP contribution in [0.5, 0.6) is 5.75 Å². The SMILES string of the molecule is COCCC(C(=O)Nc1ccc(C(=O)O)cc1)n1cc(OC)c(-c2cc(Cl)ccc2-c2nnc(C(F)F)o2)cc1=O. The second kappa shape index (κ2) is 12.7. The Morgan fingerprint density at radius 2 is 1.80 bits per heavy atom. The number of hydrogen-bond acceptors (Lipinski definition) is 8. The number of aromatic carboxylic acids is 1. The van der Waals surface area contributed by atoms with Crippen molar-refractivity contribution in [1.82, 2.24) is 14.8 Å². The minimum Gasteiger partial charge on any atom is -0.495 e. The molecule has 1 amide bonds. The number of nitrogens with one attached hydrogen (secondary N) is 1. The summed E-state index contributed by atoms with van der Waals surface area (Å²) >= 11 is 6.22. The molecule has 2 heterocycles. The van der Waals surface area contributed by atoms with Crippen LogP contribution in [0.1, 0.15) is 35.1 Å². The van der Waals surface area contributed by atoms with E-state index in [9.17, 15) is 23.2 Å². The van der Waals surface area contributed by atoms with Crippen molar-refractivity contribution >= 4 is 29.2 Å². The minimum atomic E-state index is -2.98. The molecule has 2 aromatic heterocycles. The third-order valence-corrected chi connectivity index (χ3v) is 6.26. The third kappa shape index (κ3) is 6.58. The number of carboxylic acid groups (broad SMARTS) is 1. The molecule has 41 heavy (non-hydrogen) atoms. The van der Waals surface area contributed by atoms with Gasteiger partial charge in [-0.3, -0.25) is 14.2 Å². The van der Waals surface area contributed by atoms with Crippen molar-refractivity contribution in [2.24, 2.45) is 0 Å². The first-order valence-electron chi connectivity index (χ1n) is 12.0. The second-order valence-electron chi connectivity index (χ2n) is 8.61. The number of rotatable bonds is 11. The molecular formula is C27H23ClF2N4O7. The summed E-state index contributed by atoms with van der Waals surface area (Å²) in [5, 5.41) is 19.1. The smallest absolute Gasteiger partial charge is 0.335 e. The van der Waals surface area contributed by atoms with E-state index in [0.29, 0.717) is 11.3 Å². The van der Waals surface area contributed by atoms with Crippen molar-refractivity contribution in [3.8, 4) is 28.3 Å². The Hall–Kier alpha value is -4.62. The molecule has 0 fully saturated rings. The lowest BCUT2D eigenvalue weighted by molar-refractivity contribution is -0.119. The van der Waals surface area contributed by atoms with Crippen LogP contribution in [0.2, 0.25) is 5.02 Å². The molecule has 0 aliphatic heterocycles.